The van der Waals surface area contributed by atoms with Crippen molar-refractivity contribution in [1.29, 1.82) is 0 Å². The summed E-state index contributed by atoms with van der Waals surface area (Å²) in [5.74, 6) is 1.66. The topological polar surface area (TPSA) is 51.6 Å². The molecule has 1 aromatic carbocycles. The van der Waals surface area contributed by atoms with Gasteiger partial charge in [-0.25, -0.2) is 4.98 Å². The average Bonchev–Trinajstić information content (AvgIpc) is 2.68. The molecule has 0 bridgehead atoms. The Morgan fingerprint density at radius 3 is 2.22 bits per heavy atom. The molecule has 0 fully saturated rings. The third kappa shape index (κ3) is 9.08. The summed E-state index contributed by atoms with van der Waals surface area (Å²) in [5, 5.41) is 9.04. The predicted molar refractivity (Wildman–Crippen MR) is 118 cm³/mol. The second-order valence-corrected chi connectivity index (χ2v) is 7.07. The van der Waals surface area contributed by atoms with Crippen LogP contribution in [0.3, 0.4) is 0 Å². The van der Waals surface area contributed by atoms with Gasteiger partial charge in [0.05, 0.1) is 26.0 Å². The number of aliphatic hydroxyl groups is 1. The highest BCUT2D eigenvalue weighted by Gasteiger charge is 2.04. The molecule has 27 heavy (non-hydrogen) atoms. The van der Waals surface area contributed by atoms with Crippen LogP contribution in [0.1, 0.15) is 49.8 Å². The third-order valence-electron chi connectivity index (χ3n) is 4.31. The zero-order valence-electron chi connectivity index (χ0n) is 15.8. The molecule has 1 aromatic heterocycles. The quantitative estimate of drug-likeness (QED) is 0.290. The molecular weight excluding hydrogens is 474 g/mol. The summed E-state index contributed by atoms with van der Waals surface area (Å²) in [6.07, 6.45) is 8.39. The van der Waals surface area contributed by atoms with Crippen molar-refractivity contribution in [1.82, 2.24) is 4.98 Å². The molecular formula is C21H29Br2NO3. The molecule has 0 unspecified atom stereocenters. The van der Waals surface area contributed by atoms with E-state index in [-0.39, 0.29) is 23.6 Å². The maximum absolute atomic E-state index is 9.04. The molecule has 0 spiro atoms. The second kappa shape index (κ2) is 14.0. The zero-order valence-corrected chi connectivity index (χ0v) is 19.1. The minimum atomic E-state index is -0.0582. The Bertz CT molecular complexity index is 650. The normalized spacial score (nSPS) is 10.3. The summed E-state index contributed by atoms with van der Waals surface area (Å²) in [6, 6.07) is 12.0. The van der Waals surface area contributed by atoms with Crippen LogP contribution in [0, 0.1) is 0 Å². The van der Waals surface area contributed by atoms with Crippen molar-refractivity contribution in [2.75, 3.05) is 13.7 Å². The number of methoxy groups -OCH3 is 1. The smallest absolute Gasteiger partial charge is 0.152 e. The van der Waals surface area contributed by atoms with E-state index in [1.807, 2.05) is 18.2 Å². The summed E-state index contributed by atoms with van der Waals surface area (Å²) in [7, 11) is 1.70. The van der Waals surface area contributed by atoms with Gasteiger partial charge < -0.3 is 14.6 Å². The number of rotatable bonds is 12. The molecule has 6 heteroatoms. The van der Waals surface area contributed by atoms with E-state index in [0.29, 0.717) is 16.9 Å². The first-order valence-corrected chi connectivity index (χ1v) is 10.0. The van der Waals surface area contributed by atoms with Gasteiger partial charge in [0, 0.05) is 0 Å². The van der Waals surface area contributed by atoms with Crippen LogP contribution in [-0.4, -0.2) is 23.8 Å². The van der Waals surface area contributed by atoms with Crippen LogP contribution in [0.5, 0.6) is 11.5 Å². The van der Waals surface area contributed by atoms with Crippen molar-refractivity contribution in [3.05, 3.63) is 52.3 Å². The van der Waals surface area contributed by atoms with E-state index < -0.39 is 0 Å². The van der Waals surface area contributed by atoms with Gasteiger partial charge in [0.15, 0.2) is 5.75 Å². The molecule has 2 rings (SSSR count). The Balaban J connectivity index is 0.00000364. The molecule has 0 aliphatic heterocycles. The van der Waals surface area contributed by atoms with Crippen LogP contribution < -0.4 is 9.47 Å². The largest absolute Gasteiger partial charge is 0.497 e. The Morgan fingerprint density at radius 2 is 1.59 bits per heavy atom. The van der Waals surface area contributed by atoms with Crippen LogP contribution in [0.25, 0.3) is 0 Å². The van der Waals surface area contributed by atoms with Crippen LogP contribution in [0.2, 0.25) is 0 Å². The minimum Gasteiger partial charge on any atom is -0.497 e. The Kier molecular flexibility index (Phi) is 12.4. The SMILES string of the molecule is Br.COc1ccc(CCCCCCCCOc2ccc(CO)nc2Br)cc1. The highest BCUT2D eigenvalue weighted by atomic mass is 79.9. The molecule has 0 saturated heterocycles. The molecule has 1 N–H and O–H groups in total. The van der Waals surface area contributed by atoms with Crippen molar-refractivity contribution in [3.63, 3.8) is 0 Å². The number of hydrogen-bond donors (Lipinski definition) is 1. The fraction of sp³-hybridized carbons (Fsp3) is 0.476. The number of nitrogens with zero attached hydrogens (tertiary/aromatic N) is 1. The molecule has 0 amide bonds. The first-order chi connectivity index (χ1) is 12.7. The number of halogens is 2. The van der Waals surface area contributed by atoms with E-state index in [0.717, 1.165) is 24.3 Å². The van der Waals surface area contributed by atoms with Gasteiger partial charge in [-0.15, -0.1) is 17.0 Å². The summed E-state index contributed by atoms with van der Waals surface area (Å²) >= 11 is 3.37. The van der Waals surface area contributed by atoms with E-state index >= 15 is 0 Å². The maximum Gasteiger partial charge on any atom is 0.152 e. The number of aromatic nitrogens is 1. The van der Waals surface area contributed by atoms with Gasteiger partial charge in [0.2, 0.25) is 0 Å². The summed E-state index contributed by atoms with van der Waals surface area (Å²) in [6.45, 7) is 0.641. The molecule has 0 aliphatic rings. The first kappa shape index (κ1) is 23.9. The Labute approximate surface area is 181 Å². The maximum atomic E-state index is 9.04. The highest BCUT2D eigenvalue weighted by Crippen LogP contribution is 2.23. The van der Waals surface area contributed by atoms with Crippen molar-refractivity contribution < 1.29 is 14.6 Å². The Morgan fingerprint density at radius 1 is 0.926 bits per heavy atom. The van der Waals surface area contributed by atoms with Gasteiger partial charge in [-0.1, -0.05) is 37.8 Å². The number of hydrogen-bond acceptors (Lipinski definition) is 4. The van der Waals surface area contributed by atoms with Crippen molar-refractivity contribution in [2.45, 2.75) is 51.6 Å². The molecule has 0 aliphatic carbocycles. The Hall–Kier alpha value is -1.11. The molecule has 0 radical (unpaired) electrons. The fourth-order valence-corrected chi connectivity index (χ4v) is 3.24. The fourth-order valence-electron chi connectivity index (χ4n) is 2.77. The van der Waals surface area contributed by atoms with Gasteiger partial charge in [-0.2, -0.15) is 0 Å². The number of aryl methyl sites for hydroxylation is 1. The van der Waals surface area contributed by atoms with Crippen LogP contribution in [0.4, 0.5) is 0 Å². The molecule has 1 heterocycles. The van der Waals surface area contributed by atoms with Crippen LogP contribution in [0.15, 0.2) is 41.0 Å². The highest BCUT2D eigenvalue weighted by molar-refractivity contribution is 9.10. The zero-order chi connectivity index (χ0) is 18.6. The van der Waals surface area contributed by atoms with Crippen molar-refractivity contribution in [2.24, 2.45) is 0 Å². The number of pyridine rings is 1. The predicted octanol–water partition coefficient (Wildman–Crippen LogP) is 5.89. The second-order valence-electron chi connectivity index (χ2n) is 6.32. The number of benzene rings is 1. The lowest BCUT2D eigenvalue weighted by Crippen LogP contribution is -2.00. The van der Waals surface area contributed by atoms with Crippen molar-refractivity contribution in [3.8, 4) is 11.5 Å². The van der Waals surface area contributed by atoms with E-state index in [4.69, 9.17) is 14.6 Å². The lowest BCUT2D eigenvalue weighted by atomic mass is 10.0. The van der Waals surface area contributed by atoms with Gasteiger partial charge in [0.1, 0.15) is 10.4 Å². The summed E-state index contributed by atoms with van der Waals surface area (Å²) < 4.78 is 11.6. The first-order valence-electron chi connectivity index (χ1n) is 9.25. The van der Waals surface area contributed by atoms with Gasteiger partial charge >= 0.3 is 0 Å². The summed E-state index contributed by atoms with van der Waals surface area (Å²) in [4.78, 5) is 4.21. The van der Waals surface area contributed by atoms with Crippen LogP contribution in [-0.2, 0) is 13.0 Å². The molecule has 150 valence electrons. The average molecular weight is 503 g/mol. The van der Waals surface area contributed by atoms with Gasteiger partial charge in [-0.05, 0) is 65.0 Å². The number of unbranched alkanes of at least 4 members (excludes halogenated alkanes) is 5. The van der Waals surface area contributed by atoms with Gasteiger partial charge in [0.25, 0.3) is 0 Å². The molecule has 0 saturated carbocycles. The summed E-state index contributed by atoms with van der Waals surface area (Å²) in [5.41, 5.74) is 2.02. The van der Waals surface area contributed by atoms with Gasteiger partial charge in [-0.3, -0.25) is 0 Å². The lowest BCUT2D eigenvalue weighted by Gasteiger charge is -2.08. The van der Waals surface area contributed by atoms with Crippen molar-refractivity contribution >= 4 is 32.9 Å². The van der Waals surface area contributed by atoms with E-state index in [9.17, 15) is 0 Å². The van der Waals surface area contributed by atoms with E-state index in [2.05, 4.69) is 33.0 Å². The van der Waals surface area contributed by atoms with Crippen LogP contribution >= 0.6 is 32.9 Å². The standard InChI is InChI=1S/C21H28BrNO3.BrH/c1-25-19-12-9-17(10-13-19)8-6-4-2-3-5-7-15-26-20-14-11-18(16-24)23-21(20)22;/h9-14,24H,2-8,15-16H2,1H3;1H. The molecule has 4 nitrogen and oxygen atoms in total. The van der Waals surface area contributed by atoms with E-state index in [1.165, 1.54) is 37.7 Å². The monoisotopic (exact) mass is 501 g/mol. The molecule has 2 aromatic rings. The van der Waals surface area contributed by atoms with E-state index in [1.54, 1.807) is 13.2 Å². The molecule has 0 atom stereocenters. The third-order valence-corrected chi connectivity index (χ3v) is 4.88. The minimum absolute atomic E-state index is 0. The lowest BCUT2D eigenvalue weighted by molar-refractivity contribution is 0.274. The number of ether oxygens (including phenoxy) is 2. The number of aliphatic hydroxyl groups excluding tert-OH is 1.